The first-order valence-corrected chi connectivity index (χ1v) is 6.56. The number of anilines is 1. The second-order valence-corrected chi connectivity index (χ2v) is 4.80. The van der Waals surface area contributed by atoms with Crippen molar-refractivity contribution >= 4 is 17.7 Å². The van der Waals surface area contributed by atoms with E-state index in [1.54, 1.807) is 19.1 Å². The second-order valence-electron chi connectivity index (χ2n) is 4.80. The normalized spacial score (nSPS) is 17.8. The average Bonchev–Trinajstić information content (AvgIpc) is 2.89. The largest absolute Gasteiger partial charge is 0.478 e. The SMILES string of the molecule is Cc1cc(NC(=O)NCC2CCCO2)ccc1C(=O)O. The van der Waals surface area contributed by atoms with Crippen LogP contribution in [0, 0.1) is 6.92 Å². The minimum absolute atomic E-state index is 0.0943. The summed E-state index contributed by atoms with van der Waals surface area (Å²) >= 11 is 0. The highest BCUT2D eigenvalue weighted by Gasteiger charge is 2.16. The molecule has 0 spiro atoms. The van der Waals surface area contributed by atoms with Gasteiger partial charge in [0.2, 0.25) is 0 Å². The third-order valence-electron chi connectivity index (χ3n) is 3.23. The minimum Gasteiger partial charge on any atom is -0.478 e. The predicted molar refractivity (Wildman–Crippen MR) is 74.1 cm³/mol. The molecule has 2 rings (SSSR count). The molecule has 1 fully saturated rings. The van der Waals surface area contributed by atoms with E-state index in [-0.39, 0.29) is 17.7 Å². The van der Waals surface area contributed by atoms with Crippen molar-refractivity contribution in [1.82, 2.24) is 5.32 Å². The number of aryl methyl sites for hydroxylation is 1. The molecule has 2 amide bonds. The van der Waals surface area contributed by atoms with Crippen molar-refractivity contribution in [3.63, 3.8) is 0 Å². The number of carboxylic acids is 1. The molecule has 1 saturated heterocycles. The lowest BCUT2D eigenvalue weighted by atomic mass is 10.1. The zero-order valence-corrected chi connectivity index (χ0v) is 11.3. The van der Waals surface area contributed by atoms with Gasteiger partial charge < -0.3 is 20.5 Å². The second kappa shape index (κ2) is 6.38. The van der Waals surface area contributed by atoms with Crippen molar-refractivity contribution in [3.05, 3.63) is 29.3 Å². The van der Waals surface area contributed by atoms with Crippen LogP contribution in [0.3, 0.4) is 0 Å². The van der Waals surface area contributed by atoms with Crippen LogP contribution in [0.5, 0.6) is 0 Å². The fourth-order valence-electron chi connectivity index (χ4n) is 2.17. The molecule has 6 heteroatoms. The van der Waals surface area contributed by atoms with E-state index < -0.39 is 5.97 Å². The number of carboxylic acid groups (broad SMARTS) is 1. The monoisotopic (exact) mass is 278 g/mol. The Kier molecular flexibility index (Phi) is 4.57. The summed E-state index contributed by atoms with van der Waals surface area (Å²) in [6, 6.07) is 4.37. The summed E-state index contributed by atoms with van der Waals surface area (Å²) < 4.78 is 5.41. The number of hydrogen-bond donors (Lipinski definition) is 3. The van der Waals surface area contributed by atoms with Crippen LogP contribution in [0.2, 0.25) is 0 Å². The number of aromatic carboxylic acids is 1. The van der Waals surface area contributed by atoms with Gasteiger partial charge in [0.1, 0.15) is 0 Å². The van der Waals surface area contributed by atoms with Crippen LogP contribution in [0.1, 0.15) is 28.8 Å². The number of amides is 2. The molecule has 0 aliphatic carbocycles. The van der Waals surface area contributed by atoms with Gasteiger partial charge in [-0.3, -0.25) is 0 Å². The Morgan fingerprint density at radius 1 is 1.45 bits per heavy atom. The third-order valence-corrected chi connectivity index (χ3v) is 3.23. The first-order valence-electron chi connectivity index (χ1n) is 6.56. The standard InChI is InChI=1S/C14H18N2O4/c1-9-7-10(4-5-12(9)13(17)18)16-14(19)15-8-11-3-2-6-20-11/h4-5,7,11H,2-3,6,8H2,1H3,(H,17,18)(H2,15,16,19). The molecule has 0 aromatic heterocycles. The molecule has 1 aliphatic heterocycles. The van der Waals surface area contributed by atoms with Crippen LogP contribution in [0.25, 0.3) is 0 Å². The lowest BCUT2D eigenvalue weighted by Crippen LogP contribution is -2.35. The number of rotatable bonds is 4. The smallest absolute Gasteiger partial charge is 0.335 e. The highest BCUT2D eigenvalue weighted by atomic mass is 16.5. The van der Waals surface area contributed by atoms with E-state index in [0.29, 0.717) is 17.8 Å². The molecule has 6 nitrogen and oxygen atoms in total. The molecular weight excluding hydrogens is 260 g/mol. The maximum atomic E-state index is 11.7. The van der Waals surface area contributed by atoms with Gasteiger partial charge in [-0.1, -0.05) is 0 Å². The average molecular weight is 278 g/mol. The summed E-state index contributed by atoms with van der Waals surface area (Å²) in [6.45, 7) is 2.93. The minimum atomic E-state index is -0.975. The Bertz CT molecular complexity index is 510. The molecule has 20 heavy (non-hydrogen) atoms. The van der Waals surface area contributed by atoms with E-state index >= 15 is 0 Å². The van der Waals surface area contributed by atoms with Crippen molar-refractivity contribution in [2.75, 3.05) is 18.5 Å². The number of ether oxygens (including phenoxy) is 1. The molecule has 0 radical (unpaired) electrons. The molecule has 108 valence electrons. The molecule has 1 aromatic carbocycles. The molecule has 0 saturated carbocycles. The van der Waals surface area contributed by atoms with Crippen LogP contribution in [0.15, 0.2) is 18.2 Å². The van der Waals surface area contributed by atoms with E-state index in [9.17, 15) is 9.59 Å². The zero-order valence-electron chi connectivity index (χ0n) is 11.3. The van der Waals surface area contributed by atoms with Gasteiger partial charge >= 0.3 is 12.0 Å². The van der Waals surface area contributed by atoms with Crippen LogP contribution in [0.4, 0.5) is 10.5 Å². The van der Waals surface area contributed by atoms with Crippen molar-refractivity contribution in [2.45, 2.75) is 25.9 Å². The summed E-state index contributed by atoms with van der Waals surface area (Å²) in [5.74, 6) is -0.975. The third kappa shape index (κ3) is 3.71. The van der Waals surface area contributed by atoms with E-state index in [1.165, 1.54) is 6.07 Å². The first kappa shape index (κ1) is 14.3. The number of carbonyl (C=O) groups excluding carboxylic acids is 1. The predicted octanol–water partition coefficient (Wildman–Crippen LogP) is 1.99. The molecular formula is C14H18N2O4. The summed E-state index contributed by atoms with van der Waals surface area (Å²) in [4.78, 5) is 22.6. The molecule has 1 unspecified atom stereocenters. The molecule has 1 heterocycles. The Morgan fingerprint density at radius 3 is 2.85 bits per heavy atom. The Morgan fingerprint density at radius 2 is 2.25 bits per heavy atom. The van der Waals surface area contributed by atoms with Gasteiger partial charge in [-0.2, -0.15) is 0 Å². The van der Waals surface area contributed by atoms with Gasteiger partial charge in [0, 0.05) is 18.8 Å². The van der Waals surface area contributed by atoms with E-state index in [2.05, 4.69) is 10.6 Å². The van der Waals surface area contributed by atoms with Crippen LogP contribution in [-0.4, -0.2) is 36.4 Å². The number of benzene rings is 1. The van der Waals surface area contributed by atoms with Crippen LogP contribution in [-0.2, 0) is 4.74 Å². The molecule has 1 atom stereocenters. The van der Waals surface area contributed by atoms with Crippen molar-refractivity contribution in [2.24, 2.45) is 0 Å². The van der Waals surface area contributed by atoms with Gasteiger partial charge in [0.25, 0.3) is 0 Å². The highest BCUT2D eigenvalue weighted by Crippen LogP contribution is 2.15. The number of hydrogen-bond acceptors (Lipinski definition) is 3. The Labute approximate surface area is 117 Å². The zero-order chi connectivity index (χ0) is 14.5. The van der Waals surface area contributed by atoms with Gasteiger partial charge in [-0.15, -0.1) is 0 Å². The molecule has 3 N–H and O–H groups in total. The number of nitrogens with one attached hydrogen (secondary N) is 2. The van der Waals surface area contributed by atoms with Crippen LogP contribution < -0.4 is 10.6 Å². The number of carbonyl (C=O) groups is 2. The lowest BCUT2D eigenvalue weighted by Gasteiger charge is -2.12. The molecule has 1 aromatic rings. The van der Waals surface area contributed by atoms with Crippen molar-refractivity contribution < 1.29 is 19.4 Å². The fourth-order valence-corrected chi connectivity index (χ4v) is 2.17. The summed E-state index contributed by atoms with van der Waals surface area (Å²) in [5, 5.41) is 14.3. The highest BCUT2D eigenvalue weighted by molar-refractivity contribution is 5.92. The van der Waals surface area contributed by atoms with Crippen molar-refractivity contribution in [3.8, 4) is 0 Å². The van der Waals surface area contributed by atoms with Gasteiger partial charge in [-0.05, 0) is 43.5 Å². The summed E-state index contributed by atoms with van der Waals surface area (Å²) in [7, 11) is 0. The van der Waals surface area contributed by atoms with Gasteiger partial charge in [-0.25, -0.2) is 9.59 Å². The van der Waals surface area contributed by atoms with Gasteiger partial charge in [0.15, 0.2) is 0 Å². The maximum absolute atomic E-state index is 11.7. The van der Waals surface area contributed by atoms with Gasteiger partial charge in [0.05, 0.1) is 11.7 Å². The molecule has 0 bridgehead atoms. The topological polar surface area (TPSA) is 87.7 Å². The van der Waals surface area contributed by atoms with Crippen molar-refractivity contribution in [1.29, 1.82) is 0 Å². The lowest BCUT2D eigenvalue weighted by molar-refractivity contribution is 0.0696. The maximum Gasteiger partial charge on any atom is 0.335 e. The fraction of sp³-hybridized carbons (Fsp3) is 0.429. The first-order chi connectivity index (χ1) is 9.56. The Hall–Kier alpha value is -2.08. The van der Waals surface area contributed by atoms with E-state index in [0.717, 1.165) is 19.4 Å². The number of urea groups is 1. The Balaban J connectivity index is 1.87. The van der Waals surface area contributed by atoms with E-state index in [4.69, 9.17) is 9.84 Å². The van der Waals surface area contributed by atoms with Crippen LogP contribution >= 0.6 is 0 Å². The molecule has 1 aliphatic rings. The summed E-state index contributed by atoms with van der Waals surface area (Å²) in [5.41, 5.74) is 1.40. The van der Waals surface area contributed by atoms with E-state index in [1.807, 2.05) is 0 Å². The summed E-state index contributed by atoms with van der Waals surface area (Å²) in [6.07, 6.45) is 2.09. The quantitative estimate of drug-likeness (QED) is 0.786.